The van der Waals surface area contributed by atoms with Crippen LogP contribution in [0.3, 0.4) is 0 Å². The number of phenols is 2. The molecule has 0 spiro atoms. The van der Waals surface area contributed by atoms with Gasteiger partial charge < -0.3 is 10.2 Å². The third-order valence-corrected chi connectivity index (χ3v) is 3.41. The maximum Gasteiger partial charge on any atom is 0.180 e. The van der Waals surface area contributed by atoms with Gasteiger partial charge in [0.05, 0.1) is 12.1 Å². The van der Waals surface area contributed by atoms with E-state index in [0.717, 1.165) is 25.8 Å². The molecule has 0 amide bonds. The van der Waals surface area contributed by atoms with Gasteiger partial charge in [-0.3, -0.25) is 9.69 Å². The van der Waals surface area contributed by atoms with E-state index < -0.39 is 0 Å². The second kappa shape index (κ2) is 7.90. The fraction of sp³-hybridized carbons (Fsp3) is 0.562. The molecule has 0 saturated carbocycles. The van der Waals surface area contributed by atoms with E-state index in [1.165, 1.54) is 18.2 Å². The third kappa shape index (κ3) is 4.85. The minimum Gasteiger partial charge on any atom is -0.508 e. The number of nitrogens with zero attached hydrogens (tertiary/aromatic N) is 1. The normalized spacial score (nSPS) is 11.2. The van der Waals surface area contributed by atoms with Gasteiger partial charge in [0.25, 0.3) is 0 Å². The Labute approximate surface area is 121 Å². The van der Waals surface area contributed by atoms with E-state index in [2.05, 4.69) is 25.7 Å². The first-order chi connectivity index (χ1) is 9.45. The van der Waals surface area contributed by atoms with Crippen molar-refractivity contribution in [2.45, 2.75) is 46.1 Å². The number of phenolic OH excluding ortho intramolecular Hbond substituents is 2. The van der Waals surface area contributed by atoms with Crippen LogP contribution in [0.15, 0.2) is 18.2 Å². The smallest absolute Gasteiger partial charge is 0.180 e. The van der Waals surface area contributed by atoms with Gasteiger partial charge in [-0.1, -0.05) is 19.8 Å². The van der Waals surface area contributed by atoms with Crippen molar-refractivity contribution < 1.29 is 15.0 Å². The lowest BCUT2D eigenvalue weighted by Gasteiger charge is -2.25. The van der Waals surface area contributed by atoms with Crippen molar-refractivity contribution in [3.63, 3.8) is 0 Å². The quantitative estimate of drug-likeness (QED) is 0.567. The Balaban J connectivity index is 2.70. The zero-order chi connectivity index (χ0) is 15.1. The Morgan fingerprint density at radius 3 is 2.50 bits per heavy atom. The number of Topliss-reactive ketones (excluding diaryl/α,β-unsaturated/α-hetero) is 1. The average Bonchev–Trinajstić information content (AvgIpc) is 2.37. The van der Waals surface area contributed by atoms with Gasteiger partial charge in [-0.15, -0.1) is 0 Å². The van der Waals surface area contributed by atoms with Crippen LogP contribution in [-0.4, -0.2) is 40.0 Å². The maximum atomic E-state index is 12.2. The van der Waals surface area contributed by atoms with Crippen molar-refractivity contribution in [1.29, 1.82) is 0 Å². The monoisotopic (exact) mass is 279 g/mol. The van der Waals surface area contributed by atoms with E-state index in [1.54, 1.807) is 0 Å². The molecular formula is C16H25NO3. The Kier molecular flexibility index (Phi) is 6.52. The van der Waals surface area contributed by atoms with Crippen LogP contribution in [0.1, 0.15) is 50.4 Å². The largest absolute Gasteiger partial charge is 0.508 e. The lowest BCUT2D eigenvalue weighted by atomic mass is 10.1. The zero-order valence-electron chi connectivity index (χ0n) is 12.6. The Hall–Kier alpha value is -1.55. The summed E-state index contributed by atoms with van der Waals surface area (Å²) in [5.41, 5.74) is 0.268. The van der Waals surface area contributed by atoms with Crippen molar-refractivity contribution in [3.05, 3.63) is 23.8 Å². The summed E-state index contributed by atoms with van der Waals surface area (Å²) in [6.07, 6.45) is 3.38. The Morgan fingerprint density at radius 2 is 1.95 bits per heavy atom. The third-order valence-electron chi connectivity index (χ3n) is 3.41. The highest BCUT2D eigenvalue weighted by Gasteiger charge is 2.17. The fourth-order valence-corrected chi connectivity index (χ4v) is 2.11. The zero-order valence-corrected chi connectivity index (χ0v) is 12.6. The predicted octanol–water partition coefficient (Wildman–Crippen LogP) is 3.18. The molecule has 2 N–H and O–H groups in total. The molecule has 0 radical (unpaired) electrons. The molecule has 1 aromatic rings. The van der Waals surface area contributed by atoms with E-state index in [9.17, 15) is 15.0 Å². The number of hydrogen-bond acceptors (Lipinski definition) is 4. The van der Waals surface area contributed by atoms with Crippen LogP contribution in [0.25, 0.3) is 0 Å². The van der Waals surface area contributed by atoms with Crippen LogP contribution in [0.5, 0.6) is 11.5 Å². The van der Waals surface area contributed by atoms with Crippen molar-refractivity contribution in [3.8, 4) is 11.5 Å². The highest BCUT2D eigenvalue weighted by Crippen LogP contribution is 2.23. The minimum absolute atomic E-state index is 0.0392. The molecule has 0 aliphatic carbocycles. The van der Waals surface area contributed by atoms with Crippen LogP contribution in [-0.2, 0) is 0 Å². The lowest BCUT2D eigenvalue weighted by Crippen LogP contribution is -2.36. The number of ketones is 1. The molecular weight excluding hydrogens is 254 g/mol. The molecule has 0 bridgehead atoms. The summed E-state index contributed by atoms with van der Waals surface area (Å²) >= 11 is 0. The summed E-state index contributed by atoms with van der Waals surface area (Å²) < 4.78 is 0. The van der Waals surface area contributed by atoms with Crippen LogP contribution in [0, 0.1) is 0 Å². The van der Waals surface area contributed by atoms with E-state index in [1.807, 2.05) is 0 Å². The number of rotatable bonds is 8. The first kappa shape index (κ1) is 16.5. The summed E-state index contributed by atoms with van der Waals surface area (Å²) in [5, 5.41) is 19.0. The highest BCUT2D eigenvalue weighted by atomic mass is 16.3. The van der Waals surface area contributed by atoms with E-state index in [4.69, 9.17) is 0 Å². The number of carbonyl (C=O) groups is 1. The van der Waals surface area contributed by atoms with Gasteiger partial charge in [-0.2, -0.15) is 0 Å². The van der Waals surface area contributed by atoms with E-state index in [0.29, 0.717) is 6.54 Å². The molecule has 4 nitrogen and oxygen atoms in total. The van der Waals surface area contributed by atoms with Crippen LogP contribution in [0.2, 0.25) is 0 Å². The number of hydrogen-bond donors (Lipinski definition) is 2. The van der Waals surface area contributed by atoms with Gasteiger partial charge >= 0.3 is 0 Å². The molecule has 20 heavy (non-hydrogen) atoms. The first-order valence-electron chi connectivity index (χ1n) is 7.25. The van der Waals surface area contributed by atoms with Gasteiger partial charge in [-0.05, 0) is 38.9 Å². The van der Waals surface area contributed by atoms with Gasteiger partial charge in [-0.25, -0.2) is 0 Å². The Morgan fingerprint density at radius 1 is 1.25 bits per heavy atom. The summed E-state index contributed by atoms with van der Waals surface area (Å²) in [4.78, 5) is 14.4. The second-order valence-electron chi connectivity index (χ2n) is 5.40. The molecule has 0 aliphatic rings. The van der Waals surface area contributed by atoms with Gasteiger partial charge in [0.2, 0.25) is 0 Å². The van der Waals surface area contributed by atoms with E-state index >= 15 is 0 Å². The highest BCUT2D eigenvalue weighted by molar-refractivity contribution is 6.00. The SMILES string of the molecule is CCCCCN(CC(=O)c1ccc(O)cc1O)C(C)C. The summed E-state index contributed by atoms with van der Waals surface area (Å²) in [5.74, 6) is -0.317. The molecule has 0 aliphatic heterocycles. The molecule has 0 aromatic heterocycles. The lowest BCUT2D eigenvalue weighted by molar-refractivity contribution is 0.0901. The molecule has 0 saturated heterocycles. The van der Waals surface area contributed by atoms with Crippen molar-refractivity contribution in [2.75, 3.05) is 13.1 Å². The summed E-state index contributed by atoms with van der Waals surface area (Å²) in [6.45, 7) is 7.46. The molecule has 1 aromatic carbocycles. The molecule has 0 heterocycles. The molecule has 0 fully saturated rings. The number of benzene rings is 1. The average molecular weight is 279 g/mol. The van der Waals surface area contributed by atoms with E-state index in [-0.39, 0.29) is 28.9 Å². The molecule has 0 atom stereocenters. The summed E-state index contributed by atoms with van der Waals surface area (Å²) in [7, 11) is 0. The fourth-order valence-electron chi connectivity index (χ4n) is 2.11. The number of aromatic hydroxyl groups is 2. The predicted molar refractivity (Wildman–Crippen MR) is 80.3 cm³/mol. The van der Waals surface area contributed by atoms with Crippen molar-refractivity contribution in [1.82, 2.24) is 4.90 Å². The molecule has 1 rings (SSSR count). The first-order valence-corrected chi connectivity index (χ1v) is 7.25. The standard InChI is InChI=1S/C16H25NO3/c1-4-5-6-9-17(12(2)3)11-16(20)14-8-7-13(18)10-15(14)19/h7-8,10,12,18-19H,4-6,9,11H2,1-3H3. The molecule has 0 unspecified atom stereocenters. The van der Waals surface area contributed by atoms with Crippen molar-refractivity contribution in [2.24, 2.45) is 0 Å². The summed E-state index contributed by atoms with van der Waals surface area (Å²) in [6, 6.07) is 4.38. The van der Waals surface area contributed by atoms with Gasteiger partial charge in [0, 0.05) is 12.1 Å². The minimum atomic E-state index is -0.160. The maximum absolute atomic E-state index is 12.2. The van der Waals surface area contributed by atoms with Crippen molar-refractivity contribution >= 4 is 5.78 Å². The molecule has 112 valence electrons. The molecule has 4 heteroatoms. The second-order valence-corrected chi connectivity index (χ2v) is 5.40. The van der Waals surface area contributed by atoms with Crippen LogP contribution in [0.4, 0.5) is 0 Å². The number of carbonyl (C=O) groups excluding carboxylic acids is 1. The number of unbranched alkanes of at least 4 members (excludes halogenated alkanes) is 2. The topological polar surface area (TPSA) is 60.8 Å². The Bertz CT molecular complexity index is 443. The van der Waals surface area contributed by atoms with Gasteiger partial charge in [0.1, 0.15) is 11.5 Å². The van der Waals surface area contributed by atoms with Crippen LogP contribution >= 0.6 is 0 Å². The van der Waals surface area contributed by atoms with Crippen LogP contribution < -0.4 is 0 Å². The van der Waals surface area contributed by atoms with Gasteiger partial charge in [0.15, 0.2) is 5.78 Å².